The van der Waals surface area contributed by atoms with E-state index in [0.717, 1.165) is 5.69 Å². The van der Waals surface area contributed by atoms with Crippen LogP contribution in [0.3, 0.4) is 0 Å². The Kier molecular flexibility index (Phi) is 3.89. The third-order valence-electron chi connectivity index (χ3n) is 3.54. The topological polar surface area (TPSA) is 120 Å². The van der Waals surface area contributed by atoms with Crippen LogP contribution < -0.4 is 4.72 Å². The van der Waals surface area contributed by atoms with Crippen LogP contribution in [-0.2, 0) is 10.0 Å². The second-order valence-corrected chi connectivity index (χ2v) is 6.93. The highest BCUT2D eigenvalue weighted by molar-refractivity contribution is 7.92. The van der Waals surface area contributed by atoms with Gasteiger partial charge in [-0.25, -0.2) is 22.8 Å². The van der Waals surface area contributed by atoms with E-state index in [1.54, 1.807) is 47.4 Å². The van der Waals surface area contributed by atoms with Crippen LogP contribution in [0.4, 0.5) is 5.69 Å². The number of hydrogen-bond acceptors (Lipinski definition) is 7. The monoisotopic (exact) mass is 368 g/mol. The minimum absolute atomic E-state index is 0.103. The van der Waals surface area contributed by atoms with E-state index < -0.39 is 10.0 Å². The predicted molar refractivity (Wildman–Crippen MR) is 91.3 cm³/mol. The van der Waals surface area contributed by atoms with Gasteiger partial charge in [-0.05, 0) is 52.9 Å². The van der Waals surface area contributed by atoms with Crippen molar-refractivity contribution in [2.45, 2.75) is 4.90 Å². The van der Waals surface area contributed by atoms with Crippen molar-refractivity contribution in [3.8, 4) is 11.4 Å². The molecule has 2 aromatic heterocycles. The van der Waals surface area contributed by atoms with Crippen molar-refractivity contribution in [1.29, 1.82) is 0 Å². The highest BCUT2D eigenvalue weighted by Gasteiger charge is 2.15. The Bertz CT molecular complexity index is 1110. The Balaban J connectivity index is 1.58. The predicted octanol–water partition coefficient (Wildman–Crippen LogP) is 1.04. The van der Waals surface area contributed by atoms with E-state index in [4.69, 9.17) is 0 Å². The molecular formula is C15H12N8O2S. The van der Waals surface area contributed by atoms with Gasteiger partial charge in [-0.15, -0.1) is 5.10 Å². The zero-order valence-corrected chi connectivity index (χ0v) is 14.0. The van der Waals surface area contributed by atoms with E-state index in [0.29, 0.717) is 11.4 Å². The number of nitrogens with zero attached hydrogens (tertiary/aromatic N) is 7. The fraction of sp³-hybridized carbons (Fsp3) is 0. The third-order valence-corrected chi connectivity index (χ3v) is 4.92. The summed E-state index contributed by atoms with van der Waals surface area (Å²) in [6, 6.07) is 13.1. The molecule has 0 amide bonds. The number of anilines is 1. The van der Waals surface area contributed by atoms with Gasteiger partial charge in [0.1, 0.15) is 19.0 Å². The van der Waals surface area contributed by atoms with Gasteiger partial charge in [0.25, 0.3) is 10.0 Å². The molecule has 0 bridgehead atoms. The van der Waals surface area contributed by atoms with Gasteiger partial charge in [0.15, 0.2) is 0 Å². The quantitative estimate of drug-likeness (QED) is 0.559. The molecule has 2 heterocycles. The Morgan fingerprint density at radius 3 is 2.46 bits per heavy atom. The van der Waals surface area contributed by atoms with Crippen molar-refractivity contribution in [2.24, 2.45) is 0 Å². The van der Waals surface area contributed by atoms with E-state index >= 15 is 0 Å². The largest absolute Gasteiger partial charge is 0.280 e. The molecule has 10 nitrogen and oxygen atoms in total. The molecule has 4 aromatic rings. The lowest BCUT2D eigenvalue weighted by Crippen LogP contribution is -2.13. The average Bonchev–Trinajstić information content (AvgIpc) is 3.36. The van der Waals surface area contributed by atoms with E-state index in [1.807, 2.05) is 0 Å². The Hall–Kier alpha value is -3.60. The fourth-order valence-corrected chi connectivity index (χ4v) is 3.41. The third kappa shape index (κ3) is 3.15. The minimum Gasteiger partial charge on any atom is -0.280 e. The SMILES string of the molecule is O=S(=O)(Nc1ccc(-n2cncn2)cc1)c1cccc(-n2cnnn2)c1. The summed E-state index contributed by atoms with van der Waals surface area (Å²) in [7, 11) is -3.76. The van der Waals surface area contributed by atoms with Crippen molar-refractivity contribution in [1.82, 2.24) is 35.0 Å². The van der Waals surface area contributed by atoms with Crippen molar-refractivity contribution < 1.29 is 8.42 Å². The van der Waals surface area contributed by atoms with Gasteiger partial charge in [0.2, 0.25) is 0 Å². The lowest BCUT2D eigenvalue weighted by molar-refractivity contribution is 0.601. The number of aromatic nitrogens is 7. The van der Waals surface area contributed by atoms with Crippen LogP contribution in [0.5, 0.6) is 0 Å². The highest BCUT2D eigenvalue weighted by atomic mass is 32.2. The summed E-state index contributed by atoms with van der Waals surface area (Å²) in [6.07, 6.45) is 4.37. The molecule has 2 aromatic carbocycles. The van der Waals surface area contributed by atoms with Crippen LogP contribution in [0.15, 0.2) is 72.4 Å². The Morgan fingerprint density at radius 2 is 1.77 bits per heavy atom. The normalized spacial score (nSPS) is 11.4. The maximum atomic E-state index is 12.6. The zero-order valence-electron chi connectivity index (χ0n) is 13.2. The molecule has 0 unspecified atom stereocenters. The number of rotatable bonds is 5. The van der Waals surface area contributed by atoms with Crippen LogP contribution in [0, 0.1) is 0 Å². The number of sulfonamides is 1. The Morgan fingerprint density at radius 1 is 0.923 bits per heavy atom. The molecule has 0 aliphatic rings. The van der Waals surface area contributed by atoms with E-state index in [1.165, 1.54) is 29.5 Å². The molecule has 1 N–H and O–H groups in total. The number of benzene rings is 2. The fourth-order valence-electron chi connectivity index (χ4n) is 2.31. The first-order valence-corrected chi connectivity index (χ1v) is 8.91. The summed E-state index contributed by atoms with van der Waals surface area (Å²) >= 11 is 0. The molecule has 0 radical (unpaired) electrons. The average molecular weight is 368 g/mol. The summed E-state index contributed by atoms with van der Waals surface area (Å²) in [5.74, 6) is 0. The highest BCUT2D eigenvalue weighted by Crippen LogP contribution is 2.19. The first kappa shape index (κ1) is 15.9. The molecule has 0 fully saturated rings. The summed E-state index contributed by atoms with van der Waals surface area (Å²) < 4.78 is 30.8. The molecule has 26 heavy (non-hydrogen) atoms. The molecule has 0 saturated heterocycles. The first-order chi connectivity index (χ1) is 12.6. The first-order valence-electron chi connectivity index (χ1n) is 7.43. The smallest absolute Gasteiger partial charge is 0.261 e. The maximum Gasteiger partial charge on any atom is 0.261 e. The summed E-state index contributed by atoms with van der Waals surface area (Å²) in [4.78, 5) is 3.98. The molecule has 0 spiro atoms. The van der Waals surface area contributed by atoms with E-state index in [9.17, 15) is 8.42 Å². The minimum atomic E-state index is -3.76. The van der Waals surface area contributed by atoms with Gasteiger partial charge >= 0.3 is 0 Å². The summed E-state index contributed by atoms with van der Waals surface area (Å²) in [6.45, 7) is 0. The summed E-state index contributed by atoms with van der Waals surface area (Å²) in [5.41, 5.74) is 1.74. The molecule has 0 saturated carbocycles. The van der Waals surface area contributed by atoms with Crippen LogP contribution in [-0.4, -0.2) is 43.4 Å². The van der Waals surface area contributed by atoms with Crippen molar-refractivity contribution in [3.05, 3.63) is 67.5 Å². The standard InChI is InChI=1S/C15H12N8O2S/c24-26(25,15-3-1-2-14(8-15)23-11-17-20-21-23)19-12-4-6-13(7-5-12)22-10-16-9-18-22/h1-11,19H. The molecule has 0 aliphatic carbocycles. The van der Waals surface area contributed by atoms with Gasteiger partial charge in [0, 0.05) is 5.69 Å². The van der Waals surface area contributed by atoms with Gasteiger partial charge in [-0.3, -0.25) is 4.72 Å². The molecule has 0 atom stereocenters. The number of nitrogens with one attached hydrogen (secondary N) is 1. The second-order valence-electron chi connectivity index (χ2n) is 5.24. The van der Waals surface area contributed by atoms with Gasteiger partial charge in [0.05, 0.1) is 16.3 Å². The van der Waals surface area contributed by atoms with Crippen LogP contribution in [0.1, 0.15) is 0 Å². The van der Waals surface area contributed by atoms with Crippen LogP contribution >= 0.6 is 0 Å². The van der Waals surface area contributed by atoms with Crippen LogP contribution in [0.25, 0.3) is 11.4 Å². The molecule has 130 valence electrons. The lowest BCUT2D eigenvalue weighted by atomic mass is 10.3. The zero-order chi connectivity index (χ0) is 18.0. The lowest BCUT2D eigenvalue weighted by Gasteiger charge is -2.10. The van der Waals surface area contributed by atoms with Crippen molar-refractivity contribution in [2.75, 3.05) is 4.72 Å². The van der Waals surface area contributed by atoms with Gasteiger partial charge in [-0.1, -0.05) is 6.07 Å². The van der Waals surface area contributed by atoms with Gasteiger partial charge in [-0.2, -0.15) is 5.10 Å². The van der Waals surface area contributed by atoms with Crippen LogP contribution in [0.2, 0.25) is 0 Å². The second kappa shape index (κ2) is 6.37. The molecule has 4 rings (SSSR count). The molecule has 0 aliphatic heterocycles. The summed E-state index contributed by atoms with van der Waals surface area (Å²) in [5, 5.41) is 14.9. The van der Waals surface area contributed by atoms with E-state index in [2.05, 4.69) is 30.3 Å². The van der Waals surface area contributed by atoms with Crippen molar-refractivity contribution >= 4 is 15.7 Å². The maximum absolute atomic E-state index is 12.6. The molecular weight excluding hydrogens is 356 g/mol. The molecule has 11 heteroatoms. The number of hydrogen-bond donors (Lipinski definition) is 1. The van der Waals surface area contributed by atoms with Crippen molar-refractivity contribution in [3.63, 3.8) is 0 Å². The van der Waals surface area contributed by atoms with Gasteiger partial charge < -0.3 is 0 Å². The van der Waals surface area contributed by atoms with E-state index in [-0.39, 0.29) is 4.90 Å². The number of tetrazole rings is 1. The Labute approximate surface area is 148 Å².